The number of nitrogens with one attached hydrogen (secondary N) is 1. The van der Waals surface area contributed by atoms with E-state index in [-0.39, 0.29) is 11.3 Å². The molecule has 0 saturated carbocycles. The number of aromatic hydroxyl groups is 1. The first-order chi connectivity index (χ1) is 9.65. The highest BCUT2D eigenvalue weighted by Crippen LogP contribution is 2.17. The van der Waals surface area contributed by atoms with Gasteiger partial charge in [-0.05, 0) is 31.0 Å². The number of carbonyl (C=O) groups is 1. The van der Waals surface area contributed by atoms with Crippen molar-refractivity contribution in [2.75, 3.05) is 33.5 Å². The third kappa shape index (κ3) is 5.99. The van der Waals surface area contributed by atoms with Crippen LogP contribution in [0, 0.1) is 5.82 Å². The van der Waals surface area contributed by atoms with Gasteiger partial charge in [0.2, 0.25) is 0 Å². The molecule has 0 bridgehead atoms. The van der Waals surface area contributed by atoms with Gasteiger partial charge in [-0.1, -0.05) is 0 Å². The van der Waals surface area contributed by atoms with E-state index in [0.29, 0.717) is 26.4 Å². The second-order valence-corrected chi connectivity index (χ2v) is 4.23. The van der Waals surface area contributed by atoms with E-state index >= 15 is 0 Å². The monoisotopic (exact) mass is 285 g/mol. The minimum Gasteiger partial charge on any atom is -0.507 e. The molecule has 2 N–H and O–H groups in total. The number of rotatable bonds is 9. The molecule has 1 aromatic rings. The number of unbranched alkanes of at least 4 members (excludes halogenated alkanes) is 1. The first kappa shape index (κ1) is 16.4. The van der Waals surface area contributed by atoms with Crippen molar-refractivity contribution in [2.24, 2.45) is 0 Å². The van der Waals surface area contributed by atoms with Crippen molar-refractivity contribution in [3.8, 4) is 5.75 Å². The molecule has 0 aliphatic carbocycles. The third-order valence-corrected chi connectivity index (χ3v) is 2.64. The summed E-state index contributed by atoms with van der Waals surface area (Å²) in [5.41, 5.74) is -0.0543. The number of carbonyl (C=O) groups excluding carboxylic acids is 1. The van der Waals surface area contributed by atoms with Crippen LogP contribution in [0.5, 0.6) is 5.75 Å². The normalized spacial score (nSPS) is 10.5. The molecule has 0 aromatic heterocycles. The molecule has 6 heteroatoms. The molecule has 1 aromatic carbocycles. The van der Waals surface area contributed by atoms with E-state index in [1.165, 1.54) is 0 Å². The Morgan fingerprint density at radius 1 is 1.30 bits per heavy atom. The van der Waals surface area contributed by atoms with Crippen LogP contribution in [0.15, 0.2) is 18.2 Å². The van der Waals surface area contributed by atoms with Crippen LogP contribution >= 0.6 is 0 Å². The Labute approximate surface area is 117 Å². The Hall–Kier alpha value is -1.66. The lowest BCUT2D eigenvalue weighted by molar-refractivity contribution is 0.0686. The fourth-order valence-corrected chi connectivity index (χ4v) is 1.56. The van der Waals surface area contributed by atoms with Gasteiger partial charge < -0.3 is 19.9 Å². The molecule has 0 spiro atoms. The molecular formula is C14H20FNO4. The lowest BCUT2D eigenvalue weighted by atomic mass is 10.2. The van der Waals surface area contributed by atoms with Crippen molar-refractivity contribution in [3.63, 3.8) is 0 Å². The minimum absolute atomic E-state index is 0.0543. The molecule has 1 amide bonds. The summed E-state index contributed by atoms with van der Waals surface area (Å²) in [5, 5.41) is 12.1. The summed E-state index contributed by atoms with van der Waals surface area (Å²) >= 11 is 0. The maximum absolute atomic E-state index is 13.0. The van der Waals surface area contributed by atoms with Crippen LogP contribution in [0.2, 0.25) is 0 Å². The molecule has 1 rings (SSSR count). The topological polar surface area (TPSA) is 67.8 Å². The number of benzene rings is 1. The Bertz CT molecular complexity index is 426. The van der Waals surface area contributed by atoms with E-state index in [4.69, 9.17) is 9.47 Å². The number of ether oxygens (including phenoxy) is 2. The molecule has 0 radical (unpaired) electrons. The maximum Gasteiger partial charge on any atom is 0.255 e. The number of phenolic OH excluding ortho intramolecular Hbond substituents is 1. The lowest BCUT2D eigenvalue weighted by Crippen LogP contribution is -2.24. The third-order valence-electron chi connectivity index (χ3n) is 2.64. The van der Waals surface area contributed by atoms with Gasteiger partial charge in [-0.25, -0.2) is 4.39 Å². The Balaban J connectivity index is 2.18. The average molecular weight is 285 g/mol. The summed E-state index contributed by atoms with van der Waals surface area (Å²) in [7, 11) is 1.61. The molecule has 0 atom stereocenters. The smallest absolute Gasteiger partial charge is 0.255 e. The number of phenols is 1. The number of halogens is 1. The highest BCUT2D eigenvalue weighted by Gasteiger charge is 2.11. The molecule has 20 heavy (non-hydrogen) atoms. The summed E-state index contributed by atoms with van der Waals surface area (Å²) in [4.78, 5) is 11.7. The minimum atomic E-state index is -0.556. The van der Waals surface area contributed by atoms with Gasteiger partial charge in [0.05, 0.1) is 18.8 Å². The molecule has 0 saturated heterocycles. The van der Waals surface area contributed by atoms with Gasteiger partial charge in [0.15, 0.2) is 0 Å². The summed E-state index contributed by atoms with van der Waals surface area (Å²) in [6, 6.07) is 3.27. The number of hydrogen-bond acceptors (Lipinski definition) is 4. The van der Waals surface area contributed by atoms with Crippen molar-refractivity contribution >= 4 is 5.91 Å². The molecule has 5 nitrogen and oxygen atoms in total. The van der Waals surface area contributed by atoms with Gasteiger partial charge in [-0.2, -0.15) is 0 Å². The zero-order chi connectivity index (χ0) is 14.8. The number of amides is 1. The van der Waals surface area contributed by atoms with Crippen molar-refractivity contribution in [1.29, 1.82) is 0 Å². The SMILES string of the molecule is COCCOCCCCNC(=O)c1cc(F)ccc1O. The lowest BCUT2D eigenvalue weighted by Gasteiger charge is -2.07. The summed E-state index contributed by atoms with van der Waals surface area (Å²) < 4.78 is 23.1. The molecular weight excluding hydrogens is 265 g/mol. The van der Waals surface area contributed by atoms with Crippen molar-refractivity contribution in [2.45, 2.75) is 12.8 Å². The van der Waals surface area contributed by atoms with Crippen LogP contribution < -0.4 is 5.32 Å². The second-order valence-electron chi connectivity index (χ2n) is 4.23. The van der Waals surface area contributed by atoms with E-state index in [2.05, 4.69) is 5.32 Å². The van der Waals surface area contributed by atoms with E-state index in [9.17, 15) is 14.3 Å². The fraction of sp³-hybridized carbons (Fsp3) is 0.500. The highest BCUT2D eigenvalue weighted by atomic mass is 19.1. The fourth-order valence-electron chi connectivity index (χ4n) is 1.56. The Morgan fingerprint density at radius 3 is 2.85 bits per heavy atom. The highest BCUT2D eigenvalue weighted by molar-refractivity contribution is 5.96. The van der Waals surface area contributed by atoms with Crippen LogP contribution in [0.4, 0.5) is 4.39 Å². The van der Waals surface area contributed by atoms with Gasteiger partial charge in [0.25, 0.3) is 5.91 Å². The van der Waals surface area contributed by atoms with E-state index in [1.807, 2.05) is 0 Å². The van der Waals surface area contributed by atoms with Gasteiger partial charge in [-0.15, -0.1) is 0 Å². The van der Waals surface area contributed by atoms with Crippen LogP contribution in [0.25, 0.3) is 0 Å². The predicted molar refractivity (Wildman–Crippen MR) is 72.3 cm³/mol. The summed E-state index contributed by atoms with van der Waals surface area (Å²) in [5.74, 6) is -1.27. The Morgan fingerprint density at radius 2 is 2.10 bits per heavy atom. The summed E-state index contributed by atoms with van der Waals surface area (Å²) in [6.07, 6.45) is 1.55. The van der Waals surface area contributed by atoms with E-state index in [0.717, 1.165) is 31.0 Å². The van der Waals surface area contributed by atoms with E-state index in [1.54, 1.807) is 7.11 Å². The average Bonchev–Trinajstić information content (AvgIpc) is 2.44. The first-order valence-electron chi connectivity index (χ1n) is 6.48. The van der Waals surface area contributed by atoms with Crippen LogP contribution in [0.3, 0.4) is 0 Å². The van der Waals surface area contributed by atoms with E-state index < -0.39 is 11.7 Å². The van der Waals surface area contributed by atoms with Crippen molar-refractivity contribution < 1.29 is 23.8 Å². The number of hydrogen-bond donors (Lipinski definition) is 2. The molecule has 112 valence electrons. The quantitative estimate of drug-likeness (QED) is 0.678. The molecule has 0 aliphatic heterocycles. The largest absolute Gasteiger partial charge is 0.507 e. The first-order valence-corrected chi connectivity index (χ1v) is 6.48. The van der Waals surface area contributed by atoms with Gasteiger partial charge in [0.1, 0.15) is 11.6 Å². The van der Waals surface area contributed by atoms with Gasteiger partial charge in [0, 0.05) is 20.3 Å². The maximum atomic E-state index is 13.0. The van der Waals surface area contributed by atoms with Crippen LogP contribution in [-0.2, 0) is 9.47 Å². The zero-order valence-electron chi connectivity index (χ0n) is 11.5. The van der Waals surface area contributed by atoms with Crippen molar-refractivity contribution in [3.05, 3.63) is 29.6 Å². The second kappa shape index (κ2) is 9.28. The molecule has 0 unspecified atom stereocenters. The summed E-state index contributed by atoms with van der Waals surface area (Å²) in [6.45, 7) is 2.17. The molecule has 0 heterocycles. The van der Waals surface area contributed by atoms with Crippen molar-refractivity contribution in [1.82, 2.24) is 5.32 Å². The van der Waals surface area contributed by atoms with Gasteiger partial charge in [-0.3, -0.25) is 4.79 Å². The Kier molecular flexibility index (Phi) is 7.60. The zero-order valence-corrected chi connectivity index (χ0v) is 11.5. The molecule has 0 aliphatic rings. The van der Waals surface area contributed by atoms with Crippen LogP contribution in [-0.4, -0.2) is 44.5 Å². The predicted octanol–water partition coefficient (Wildman–Crippen LogP) is 1.70. The molecule has 0 fully saturated rings. The number of methoxy groups -OCH3 is 1. The standard InChI is InChI=1S/C14H20FNO4/c1-19-8-9-20-7-3-2-6-16-14(18)12-10-11(15)4-5-13(12)17/h4-5,10,17H,2-3,6-9H2,1H3,(H,16,18). The van der Waals surface area contributed by atoms with Crippen LogP contribution in [0.1, 0.15) is 23.2 Å². The van der Waals surface area contributed by atoms with Gasteiger partial charge >= 0.3 is 0 Å².